The predicted octanol–water partition coefficient (Wildman–Crippen LogP) is 4.50. The third-order valence-corrected chi connectivity index (χ3v) is 7.37. The molecule has 1 aromatic heterocycles. The number of hydrogen-bond donors (Lipinski definition) is 1. The van der Waals surface area contributed by atoms with Gasteiger partial charge in [-0.05, 0) is 98.8 Å². The first-order chi connectivity index (χ1) is 16.1. The lowest BCUT2D eigenvalue weighted by molar-refractivity contribution is -0.122. The van der Waals surface area contributed by atoms with Crippen molar-refractivity contribution in [3.63, 3.8) is 0 Å². The van der Waals surface area contributed by atoms with E-state index in [4.69, 9.17) is 5.14 Å². The Labute approximate surface area is 201 Å². The average molecular weight is 499 g/mol. The number of halogens is 1. The second kappa shape index (κ2) is 9.21. The molecule has 1 aliphatic rings. The Morgan fingerprint density at radius 1 is 1.09 bits per heavy atom. The van der Waals surface area contributed by atoms with Gasteiger partial charge in [-0.3, -0.25) is 9.69 Å². The molecular formula is C24H23FN4O3S2. The van der Waals surface area contributed by atoms with Gasteiger partial charge >= 0.3 is 0 Å². The third kappa shape index (κ3) is 4.70. The van der Waals surface area contributed by atoms with Crippen LogP contribution in [0.5, 0.6) is 0 Å². The van der Waals surface area contributed by atoms with Crippen molar-refractivity contribution in [2.24, 2.45) is 10.1 Å². The van der Waals surface area contributed by atoms with Crippen LogP contribution in [0.2, 0.25) is 0 Å². The molecule has 1 saturated heterocycles. The van der Waals surface area contributed by atoms with Gasteiger partial charge in [0.15, 0.2) is 5.17 Å². The number of aromatic nitrogens is 1. The van der Waals surface area contributed by atoms with Gasteiger partial charge in [-0.2, -0.15) is 0 Å². The Hall–Kier alpha value is -3.21. The van der Waals surface area contributed by atoms with Gasteiger partial charge in [-0.25, -0.2) is 22.9 Å². The van der Waals surface area contributed by atoms with Crippen molar-refractivity contribution < 1.29 is 17.6 Å². The van der Waals surface area contributed by atoms with Crippen molar-refractivity contribution in [3.8, 4) is 5.69 Å². The summed E-state index contributed by atoms with van der Waals surface area (Å²) in [7, 11) is -3.77. The number of carbonyl (C=O) groups is 1. The lowest BCUT2D eigenvalue weighted by atomic mass is 10.2. The predicted molar refractivity (Wildman–Crippen MR) is 133 cm³/mol. The Morgan fingerprint density at radius 2 is 1.74 bits per heavy atom. The molecule has 10 heteroatoms. The number of amides is 1. The summed E-state index contributed by atoms with van der Waals surface area (Å²) in [5.74, 6) is -0.489. The molecule has 0 bridgehead atoms. The summed E-state index contributed by atoms with van der Waals surface area (Å²) >= 11 is 1.27. The molecule has 176 valence electrons. The lowest BCUT2D eigenvalue weighted by Gasteiger charge is -2.12. The van der Waals surface area contributed by atoms with Gasteiger partial charge in [0.25, 0.3) is 5.91 Å². The summed E-state index contributed by atoms with van der Waals surface area (Å²) in [5, 5.41) is 5.74. The van der Waals surface area contributed by atoms with Crippen LogP contribution >= 0.6 is 11.8 Å². The van der Waals surface area contributed by atoms with Crippen molar-refractivity contribution in [2.45, 2.75) is 25.7 Å². The monoisotopic (exact) mass is 498 g/mol. The van der Waals surface area contributed by atoms with Crippen LogP contribution in [-0.4, -0.2) is 35.5 Å². The van der Waals surface area contributed by atoms with Crippen molar-refractivity contribution in [3.05, 3.63) is 82.3 Å². The minimum absolute atomic E-state index is 0.0432. The average Bonchev–Trinajstić information content (AvgIpc) is 3.23. The molecule has 0 saturated carbocycles. The van der Waals surface area contributed by atoms with Gasteiger partial charge in [-0.1, -0.05) is 0 Å². The Morgan fingerprint density at radius 3 is 2.32 bits per heavy atom. The van der Waals surface area contributed by atoms with Crippen molar-refractivity contribution in [1.29, 1.82) is 0 Å². The number of primary sulfonamides is 1. The highest BCUT2D eigenvalue weighted by atomic mass is 32.2. The zero-order valence-electron chi connectivity index (χ0n) is 18.8. The van der Waals surface area contributed by atoms with Gasteiger partial charge in [-0.15, -0.1) is 0 Å². The van der Waals surface area contributed by atoms with E-state index in [1.54, 1.807) is 29.2 Å². The molecule has 1 amide bonds. The quantitative estimate of drug-likeness (QED) is 0.524. The molecule has 0 radical (unpaired) electrons. The number of thioether (sulfide) groups is 1. The van der Waals surface area contributed by atoms with E-state index in [-0.39, 0.29) is 16.6 Å². The van der Waals surface area contributed by atoms with Crippen LogP contribution in [0.1, 0.15) is 23.9 Å². The molecule has 2 aromatic carbocycles. The number of nitrogens with zero attached hydrogens (tertiary/aromatic N) is 3. The zero-order valence-corrected chi connectivity index (χ0v) is 20.5. The van der Waals surface area contributed by atoms with E-state index in [0.29, 0.717) is 22.3 Å². The number of amidine groups is 1. The van der Waals surface area contributed by atoms with E-state index >= 15 is 0 Å². The van der Waals surface area contributed by atoms with Gasteiger partial charge in [0.2, 0.25) is 10.0 Å². The number of aliphatic imine (C=N–C) groups is 1. The SMILES string of the molecule is CCN1C(=O)/C(=C\c2cc(C)n(-c3ccc(S(N)(=O)=O)cc3)c2C)SC1=Nc1ccc(F)cc1. The highest BCUT2D eigenvalue weighted by molar-refractivity contribution is 8.18. The Bertz CT molecular complexity index is 1420. The van der Waals surface area contributed by atoms with Gasteiger partial charge in [0, 0.05) is 23.6 Å². The number of rotatable bonds is 5. The van der Waals surface area contributed by atoms with Crippen LogP contribution in [0, 0.1) is 19.7 Å². The fourth-order valence-corrected chi connectivity index (χ4v) is 5.32. The van der Waals surface area contributed by atoms with Crippen molar-refractivity contribution >= 4 is 44.6 Å². The van der Waals surface area contributed by atoms with Crippen LogP contribution in [0.15, 0.2) is 69.4 Å². The molecule has 3 aromatic rings. The van der Waals surface area contributed by atoms with E-state index in [1.807, 2.05) is 37.5 Å². The first kappa shape index (κ1) is 23.9. The highest BCUT2D eigenvalue weighted by Crippen LogP contribution is 2.35. The molecule has 4 rings (SSSR count). The molecule has 1 aliphatic heterocycles. The van der Waals surface area contributed by atoms with Gasteiger partial charge < -0.3 is 4.57 Å². The summed E-state index contributed by atoms with van der Waals surface area (Å²) in [6, 6.07) is 14.1. The second-order valence-electron chi connectivity index (χ2n) is 7.73. The summed E-state index contributed by atoms with van der Waals surface area (Å²) in [6.07, 6.45) is 1.83. The number of likely N-dealkylation sites (N-methyl/N-ethyl adjacent to an activating group) is 1. The fraction of sp³-hybridized carbons (Fsp3) is 0.167. The van der Waals surface area contributed by atoms with Crippen LogP contribution < -0.4 is 5.14 Å². The number of carbonyl (C=O) groups excluding carboxylic acids is 1. The maximum atomic E-state index is 13.2. The first-order valence-corrected chi connectivity index (χ1v) is 12.8. The number of benzene rings is 2. The summed E-state index contributed by atoms with van der Waals surface area (Å²) in [6.45, 7) is 6.20. The normalized spacial score (nSPS) is 16.7. The molecule has 7 nitrogen and oxygen atoms in total. The topological polar surface area (TPSA) is 97.8 Å². The van der Waals surface area contributed by atoms with E-state index in [2.05, 4.69) is 4.99 Å². The van der Waals surface area contributed by atoms with Crippen LogP contribution in [0.25, 0.3) is 11.8 Å². The molecule has 0 atom stereocenters. The molecule has 1 fully saturated rings. The largest absolute Gasteiger partial charge is 0.318 e. The Balaban J connectivity index is 1.68. The maximum Gasteiger partial charge on any atom is 0.266 e. The van der Waals surface area contributed by atoms with Crippen LogP contribution in [0.3, 0.4) is 0 Å². The first-order valence-electron chi connectivity index (χ1n) is 10.5. The fourth-order valence-electron chi connectivity index (χ4n) is 3.75. The number of sulfonamides is 1. The lowest BCUT2D eigenvalue weighted by Crippen LogP contribution is -2.28. The van der Waals surface area contributed by atoms with Crippen molar-refractivity contribution in [1.82, 2.24) is 9.47 Å². The van der Waals surface area contributed by atoms with E-state index in [0.717, 1.165) is 22.6 Å². The van der Waals surface area contributed by atoms with Gasteiger partial charge in [0.1, 0.15) is 5.82 Å². The minimum atomic E-state index is -3.77. The number of hydrogen-bond acceptors (Lipinski definition) is 5. The Kier molecular flexibility index (Phi) is 6.48. The molecule has 2 heterocycles. The van der Waals surface area contributed by atoms with Crippen LogP contribution in [-0.2, 0) is 14.8 Å². The standard InChI is InChI=1S/C24H23FN4O3S2/c1-4-28-23(30)22(33-24(28)27-19-7-5-18(25)6-8-19)14-17-13-15(2)29(16(17)3)20-9-11-21(12-10-20)34(26,31)32/h5-14H,4H2,1-3H3,(H2,26,31,32)/b22-14+,27-24?. The third-order valence-electron chi connectivity index (χ3n) is 5.44. The summed E-state index contributed by atoms with van der Waals surface area (Å²) < 4.78 is 38.3. The van der Waals surface area contributed by atoms with E-state index in [1.165, 1.54) is 36.0 Å². The summed E-state index contributed by atoms with van der Waals surface area (Å²) in [4.78, 5) is 19.7. The number of nitrogens with two attached hydrogens (primary N) is 1. The molecule has 0 unspecified atom stereocenters. The van der Waals surface area contributed by atoms with E-state index < -0.39 is 10.0 Å². The molecule has 0 aliphatic carbocycles. The minimum Gasteiger partial charge on any atom is -0.318 e. The molecule has 0 spiro atoms. The molecular weight excluding hydrogens is 475 g/mol. The highest BCUT2D eigenvalue weighted by Gasteiger charge is 2.32. The number of aryl methyl sites for hydroxylation is 1. The van der Waals surface area contributed by atoms with Gasteiger partial charge in [0.05, 0.1) is 15.5 Å². The smallest absolute Gasteiger partial charge is 0.266 e. The molecule has 2 N–H and O–H groups in total. The zero-order chi connectivity index (χ0) is 24.6. The van der Waals surface area contributed by atoms with Crippen LogP contribution in [0.4, 0.5) is 10.1 Å². The second-order valence-corrected chi connectivity index (χ2v) is 10.3. The van der Waals surface area contributed by atoms with E-state index in [9.17, 15) is 17.6 Å². The maximum absolute atomic E-state index is 13.2. The molecule has 34 heavy (non-hydrogen) atoms. The summed E-state index contributed by atoms with van der Waals surface area (Å²) in [5.41, 5.74) is 4.04. The van der Waals surface area contributed by atoms with Crippen molar-refractivity contribution in [2.75, 3.05) is 6.54 Å².